The van der Waals surface area contributed by atoms with E-state index in [1.54, 1.807) is 0 Å². The lowest BCUT2D eigenvalue weighted by molar-refractivity contribution is -0.384. The van der Waals surface area contributed by atoms with Crippen LogP contribution >= 0.6 is 0 Å². The lowest BCUT2D eigenvalue weighted by Gasteiger charge is -2.24. The number of nitro benzene ring substituents is 1. The van der Waals surface area contributed by atoms with Crippen LogP contribution in [0.2, 0.25) is 0 Å². The molecule has 1 aromatic heterocycles. The Bertz CT molecular complexity index is 1120. The summed E-state index contributed by atoms with van der Waals surface area (Å²) in [5.74, 6) is -1.82. The Morgan fingerprint density at radius 2 is 1.97 bits per heavy atom. The molecule has 0 aliphatic carbocycles. The van der Waals surface area contributed by atoms with E-state index in [2.05, 4.69) is 4.98 Å². The maximum Gasteiger partial charge on any atom is 0.338 e. The molecule has 1 heterocycles. The van der Waals surface area contributed by atoms with Gasteiger partial charge in [-0.3, -0.25) is 29.3 Å². The van der Waals surface area contributed by atoms with Gasteiger partial charge in [-0.2, -0.15) is 0 Å². The molecule has 0 fully saturated rings. The van der Waals surface area contributed by atoms with Crippen LogP contribution in [0.3, 0.4) is 0 Å². The van der Waals surface area contributed by atoms with E-state index in [-0.39, 0.29) is 35.8 Å². The second-order valence-corrected chi connectivity index (χ2v) is 6.93. The molecule has 0 radical (unpaired) electrons. The zero-order valence-corrected chi connectivity index (χ0v) is 17.8. The van der Waals surface area contributed by atoms with E-state index in [4.69, 9.17) is 10.5 Å². The van der Waals surface area contributed by atoms with Gasteiger partial charge >= 0.3 is 11.7 Å². The van der Waals surface area contributed by atoms with Gasteiger partial charge in [0, 0.05) is 25.2 Å². The number of amides is 1. The number of nitrogen functional groups attached to an aromatic ring is 1. The molecule has 2 rings (SSSR count). The monoisotopic (exact) mass is 447 g/mol. The smallest absolute Gasteiger partial charge is 0.338 e. The zero-order chi connectivity index (χ0) is 23.8. The van der Waals surface area contributed by atoms with E-state index < -0.39 is 34.7 Å². The van der Waals surface area contributed by atoms with Gasteiger partial charge in [-0.1, -0.05) is 26.3 Å². The highest BCUT2D eigenvalue weighted by atomic mass is 16.6. The van der Waals surface area contributed by atoms with Crippen LogP contribution in [0.15, 0.2) is 33.9 Å². The van der Waals surface area contributed by atoms with Crippen LogP contribution in [-0.4, -0.2) is 39.5 Å². The molecule has 0 saturated heterocycles. The van der Waals surface area contributed by atoms with Crippen molar-refractivity contribution in [3.63, 3.8) is 0 Å². The third-order valence-corrected chi connectivity index (χ3v) is 4.59. The largest absolute Gasteiger partial charge is 0.452 e. The van der Waals surface area contributed by atoms with Crippen molar-refractivity contribution in [1.29, 1.82) is 0 Å². The van der Waals surface area contributed by atoms with Gasteiger partial charge in [0.1, 0.15) is 5.82 Å². The summed E-state index contributed by atoms with van der Waals surface area (Å²) in [5, 5.41) is 10.9. The number of rotatable bonds is 10. The molecule has 3 N–H and O–H groups in total. The fraction of sp³-hybridized carbons (Fsp3) is 0.400. The van der Waals surface area contributed by atoms with Gasteiger partial charge in [0.25, 0.3) is 17.2 Å². The van der Waals surface area contributed by atoms with Crippen LogP contribution in [0.1, 0.15) is 43.5 Å². The summed E-state index contributed by atoms with van der Waals surface area (Å²) in [6, 6.07) is 4.89. The van der Waals surface area contributed by atoms with Crippen molar-refractivity contribution in [1.82, 2.24) is 9.55 Å². The molecule has 12 nitrogen and oxygen atoms in total. The van der Waals surface area contributed by atoms with Crippen molar-refractivity contribution in [3.8, 4) is 0 Å². The minimum absolute atomic E-state index is 0.0963. The van der Waals surface area contributed by atoms with Crippen molar-refractivity contribution < 1.29 is 19.2 Å². The van der Waals surface area contributed by atoms with Crippen molar-refractivity contribution in [2.45, 2.75) is 39.7 Å². The Morgan fingerprint density at radius 1 is 1.25 bits per heavy atom. The fourth-order valence-corrected chi connectivity index (χ4v) is 3.00. The van der Waals surface area contributed by atoms with E-state index in [0.717, 1.165) is 15.5 Å². The number of unbranched alkanes of at least 4 members (excludes halogenated alkanes) is 1. The van der Waals surface area contributed by atoms with E-state index in [1.165, 1.54) is 18.2 Å². The fourth-order valence-electron chi connectivity index (χ4n) is 3.00. The summed E-state index contributed by atoms with van der Waals surface area (Å²) in [6.45, 7) is 3.34. The first-order chi connectivity index (χ1) is 15.2. The van der Waals surface area contributed by atoms with Gasteiger partial charge < -0.3 is 15.4 Å². The number of carbonyl (C=O) groups excluding carboxylic acids is 2. The number of nitrogens with two attached hydrogens (primary N) is 1. The number of carbonyl (C=O) groups is 2. The topological polar surface area (TPSA) is 171 Å². The van der Waals surface area contributed by atoms with Crippen LogP contribution in [0, 0.1) is 10.1 Å². The number of nitrogens with one attached hydrogen (secondary N) is 1. The molecule has 0 atom stereocenters. The molecule has 32 heavy (non-hydrogen) atoms. The summed E-state index contributed by atoms with van der Waals surface area (Å²) in [4.78, 5) is 63.1. The van der Waals surface area contributed by atoms with Crippen molar-refractivity contribution in [2.24, 2.45) is 0 Å². The van der Waals surface area contributed by atoms with Crippen LogP contribution < -0.4 is 21.9 Å². The second kappa shape index (κ2) is 10.9. The molecular weight excluding hydrogens is 422 g/mol. The first-order valence-corrected chi connectivity index (χ1v) is 10.1. The highest BCUT2D eigenvalue weighted by Crippen LogP contribution is 2.19. The Labute approximate surface area is 182 Å². The summed E-state index contributed by atoms with van der Waals surface area (Å²) < 4.78 is 6.18. The van der Waals surface area contributed by atoms with E-state index in [1.807, 2.05) is 13.8 Å². The molecule has 2 aromatic rings. The van der Waals surface area contributed by atoms with Crippen LogP contribution in [-0.2, 0) is 16.1 Å². The standard InChI is InChI=1S/C20H25N5O7/c1-3-5-10-23(16-17(21)24(9-4-2)20(29)22-18(16)27)15(26)12-32-19(28)13-7-6-8-14(11-13)25(30)31/h6-8,11H,3-5,9-10,12,21H2,1-2H3,(H,22,27,29). The maximum atomic E-state index is 12.9. The van der Waals surface area contributed by atoms with Gasteiger partial charge in [-0.15, -0.1) is 0 Å². The molecule has 0 saturated carbocycles. The number of non-ortho nitro benzene ring substituents is 1. The molecule has 0 bridgehead atoms. The van der Waals surface area contributed by atoms with Crippen LogP contribution in [0.25, 0.3) is 0 Å². The maximum absolute atomic E-state index is 12.9. The number of nitro groups is 1. The molecule has 0 aliphatic heterocycles. The average molecular weight is 447 g/mol. The molecule has 12 heteroatoms. The van der Waals surface area contributed by atoms with Crippen LogP contribution in [0.5, 0.6) is 0 Å². The minimum atomic E-state index is -0.935. The molecule has 172 valence electrons. The first kappa shape index (κ1) is 24.3. The number of benzene rings is 1. The van der Waals surface area contributed by atoms with E-state index >= 15 is 0 Å². The predicted octanol–water partition coefficient (Wildman–Crippen LogP) is 1.43. The number of nitrogens with zero attached hydrogens (tertiary/aromatic N) is 3. The molecule has 1 amide bonds. The Hall–Kier alpha value is -3.96. The van der Waals surface area contributed by atoms with Crippen molar-refractivity contribution >= 4 is 29.1 Å². The number of H-pyrrole nitrogens is 1. The van der Waals surface area contributed by atoms with E-state index in [9.17, 15) is 29.3 Å². The number of aromatic amines is 1. The van der Waals surface area contributed by atoms with Crippen LogP contribution in [0.4, 0.5) is 17.2 Å². The lowest BCUT2D eigenvalue weighted by atomic mass is 10.2. The summed E-state index contributed by atoms with van der Waals surface area (Å²) in [7, 11) is 0. The summed E-state index contributed by atoms with van der Waals surface area (Å²) >= 11 is 0. The highest BCUT2D eigenvalue weighted by Gasteiger charge is 2.25. The predicted molar refractivity (Wildman–Crippen MR) is 117 cm³/mol. The normalized spacial score (nSPS) is 10.6. The molecule has 0 aliphatic rings. The highest BCUT2D eigenvalue weighted by molar-refractivity contribution is 5.98. The van der Waals surface area contributed by atoms with Crippen molar-refractivity contribution in [3.05, 3.63) is 60.8 Å². The van der Waals surface area contributed by atoms with Gasteiger partial charge in [-0.05, 0) is 18.9 Å². The summed E-state index contributed by atoms with van der Waals surface area (Å²) in [6.07, 6.45) is 1.79. The lowest BCUT2D eigenvalue weighted by Crippen LogP contribution is -2.43. The molecule has 0 unspecified atom stereocenters. The Morgan fingerprint density at radius 3 is 2.59 bits per heavy atom. The molecule has 0 spiro atoms. The number of esters is 1. The Kier molecular flexibility index (Phi) is 8.27. The van der Waals surface area contributed by atoms with Gasteiger partial charge in [-0.25, -0.2) is 9.59 Å². The second-order valence-electron chi connectivity index (χ2n) is 6.93. The van der Waals surface area contributed by atoms with Crippen molar-refractivity contribution in [2.75, 3.05) is 23.8 Å². The average Bonchev–Trinajstić information content (AvgIpc) is 2.76. The quantitative estimate of drug-likeness (QED) is 0.313. The first-order valence-electron chi connectivity index (χ1n) is 10.1. The SMILES string of the molecule is CCCCN(C(=O)COC(=O)c1cccc([N+](=O)[O-])c1)c1c(N)n(CCC)c(=O)[nH]c1=O. The number of hydrogen-bond donors (Lipinski definition) is 2. The van der Waals surface area contributed by atoms with Gasteiger partial charge in [0.2, 0.25) is 0 Å². The minimum Gasteiger partial charge on any atom is -0.452 e. The van der Waals surface area contributed by atoms with E-state index in [0.29, 0.717) is 19.3 Å². The number of anilines is 2. The van der Waals surface area contributed by atoms with Gasteiger partial charge in [0.15, 0.2) is 12.3 Å². The molecule has 1 aromatic carbocycles. The number of hydrogen-bond acceptors (Lipinski definition) is 8. The Balaban J connectivity index is 2.30. The third kappa shape index (κ3) is 5.59. The third-order valence-electron chi connectivity index (χ3n) is 4.59. The summed E-state index contributed by atoms with van der Waals surface area (Å²) in [5.41, 5.74) is 3.96. The number of aromatic nitrogens is 2. The number of ether oxygens (including phenoxy) is 1. The zero-order valence-electron chi connectivity index (χ0n) is 17.8. The molecular formula is C20H25N5O7. The van der Waals surface area contributed by atoms with Gasteiger partial charge in [0.05, 0.1) is 10.5 Å².